The Morgan fingerprint density at radius 2 is 1.77 bits per heavy atom. The van der Waals surface area contributed by atoms with Gasteiger partial charge >= 0.3 is 0 Å². The van der Waals surface area contributed by atoms with Crippen LogP contribution in [0.4, 0.5) is 23.1 Å². The highest BCUT2D eigenvalue weighted by Gasteiger charge is 2.09. The van der Waals surface area contributed by atoms with Crippen LogP contribution in [0.2, 0.25) is 0 Å². The van der Waals surface area contributed by atoms with Crippen LogP contribution in [0.5, 0.6) is 0 Å². The summed E-state index contributed by atoms with van der Waals surface area (Å²) >= 11 is 0. The maximum absolute atomic E-state index is 11.4. The molecule has 2 heterocycles. The van der Waals surface area contributed by atoms with Gasteiger partial charge < -0.3 is 10.6 Å². The third-order valence-electron chi connectivity index (χ3n) is 4.62. The smallest absolute Gasteiger partial charge is 0.238 e. The molecule has 2 aromatic carbocycles. The average Bonchev–Trinajstić information content (AvgIpc) is 3.12. The van der Waals surface area contributed by atoms with Gasteiger partial charge in [-0.1, -0.05) is 0 Å². The Labute approximate surface area is 174 Å². The van der Waals surface area contributed by atoms with Crippen molar-refractivity contribution < 1.29 is 8.42 Å². The van der Waals surface area contributed by atoms with Crippen molar-refractivity contribution >= 4 is 44.1 Å². The highest BCUT2D eigenvalue weighted by molar-refractivity contribution is 7.89. The Bertz CT molecular complexity index is 1320. The number of nitrogens with two attached hydrogens (primary N) is 1. The van der Waals surface area contributed by atoms with Crippen LogP contribution in [0.25, 0.3) is 10.9 Å². The van der Waals surface area contributed by atoms with Gasteiger partial charge in [0.1, 0.15) is 5.82 Å². The van der Waals surface area contributed by atoms with E-state index >= 15 is 0 Å². The van der Waals surface area contributed by atoms with Gasteiger partial charge in [-0.05, 0) is 56.3 Å². The molecule has 30 heavy (non-hydrogen) atoms. The van der Waals surface area contributed by atoms with Crippen LogP contribution in [-0.2, 0) is 16.6 Å². The lowest BCUT2D eigenvalue weighted by Gasteiger charge is -2.12. The molecule has 4 rings (SSSR count). The molecule has 0 aliphatic carbocycles. The normalized spacial score (nSPS) is 11.6. The number of benzene rings is 2. The van der Waals surface area contributed by atoms with Crippen molar-refractivity contribution in [2.75, 3.05) is 10.6 Å². The second-order valence-corrected chi connectivity index (χ2v) is 8.34. The maximum atomic E-state index is 11.4. The summed E-state index contributed by atoms with van der Waals surface area (Å²) in [6.45, 7) is 4.76. The van der Waals surface area contributed by atoms with E-state index in [0.29, 0.717) is 17.5 Å². The molecule has 0 saturated heterocycles. The van der Waals surface area contributed by atoms with Crippen molar-refractivity contribution in [3.8, 4) is 0 Å². The zero-order valence-electron chi connectivity index (χ0n) is 16.5. The van der Waals surface area contributed by atoms with Gasteiger partial charge in [0.25, 0.3) is 0 Å². The lowest BCUT2D eigenvalue weighted by molar-refractivity contribution is 0.598. The molecule has 0 fully saturated rings. The van der Waals surface area contributed by atoms with E-state index in [1.807, 2.05) is 36.0 Å². The number of rotatable bonds is 6. The number of hydrogen-bond acceptors (Lipinski definition) is 7. The predicted molar refractivity (Wildman–Crippen MR) is 117 cm³/mol. The fraction of sp³-hybridized carbons (Fsp3) is 0.150. The van der Waals surface area contributed by atoms with Gasteiger partial charge in [0.15, 0.2) is 0 Å². The predicted octanol–water partition coefficient (Wildman–Crippen LogP) is 3.29. The second kappa shape index (κ2) is 7.73. The first-order valence-electron chi connectivity index (χ1n) is 9.29. The summed E-state index contributed by atoms with van der Waals surface area (Å²) in [6.07, 6.45) is 3.56. The fourth-order valence-electron chi connectivity index (χ4n) is 3.02. The second-order valence-electron chi connectivity index (χ2n) is 6.78. The van der Waals surface area contributed by atoms with Crippen molar-refractivity contribution in [3.63, 3.8) is 0 Å². The number of aryl methyl sites for hydroxylation is 2. The highest BCUT2D eigenvalue weighted by atomic mass is 32.2. The Morgan fingerprint density at radius 3 is 2.47 bits per heavy atom. The Hall–Kier alpha value is -3.50. The number of nitrogens with zero attached hydrogens (tertiary/aromatic N) is 4. The van der Waals surface area contributed by atoms with Gasteiger partial charge in [0.05, 0.1) is 16.6 Å². The van der Waals surface area contributed by atoms with Crippen LogP contribution in [0.3, 0.4) is 0 Å². The number of fused-ring (bicyclic) bond motifs is 1. The number of nitrogens with one attached hydrogen (secondary N) is 2. The topological polar surface area (TPSA) is 128 Å². The third-order valence-corrected chi connectivity index (χ3v) is 5.55. The number of primary sulfonamides is 1. The summed E-state index contributed by atoms with van der Waals surface area (Å²) in [7, 11) is -3.73. The molecule has 4 aromatic rings. The lowest BCUT2D eigenvalue weighted by Crippen LogP contribution is -2.11. The van der Waals surface area contributed by atoms with Gasteiger partial charge in [0.2, 0.25) is 16.0 Å². The standard InChI is InChI=1S/C20H21N7O2S/c1-3-27-18-10-16(5-4-14(18)12-23-27)24-19-13(2)11-22-20(26-19)25-15-6-8-17(9-7-15)30(21,28)29/h4-12H,3H2,1-2H3,(H2,21,28,29)(H2,22,24,25,26). The van der Waals surface area contributed by atoms with Crippen LogP contribution in [0, 0.1) is 6.92 Å². The van der Waals surface area contributed by atoms with E-state index in [-0.39, 0.29) is 4.90 Å². The number of hydrogen-bond donors (Lipinski definition) is 3. The van der Waals surface area contributed by atoms with Crippen LogP contribution >= 0.6 is 0 Å². The summed E-state index contributed by atoms with van der Waals surface area (Å²) in [5.74, 6) is 1.04. The zero-order valence-corrected chi connectivity index (χ0v) is 17.3. The van der Waals surface area contributed by atoms with Crippen molar-refractivity contribution in [1.29, 1.82) is 0 Å². The average molecular weight is 424 g/mol. The first-order valence-corrected chi connectivity index (χ1v) is 10.8. The summed E-state index contributed by atoms with van der Waals surface area (Å²) in [5, 5.41) is 17.0. The minimum atomic E-state index is -3.73. The van der Waals surface area contributed by atoms with Gasteiger partial charge in [0, 0.05) is 35.1 Å². The lowest BCUT2D eigenvalue weighted by atomic mass is 10.2. The molecule has 0 aliphatic rings. The molecule has 0 atom stereocenters. The molecular formula is C20H21N7O2S. The molecule has 4 N–H and O–H groups in total. The van der Waals surface area contributed by atoms with Gasteiger partial charge in [-0.25, -0.2) is 18.5 Å². The molecule has 2 aromatic heterocycles. The molecule has 0 amide bonds. The van der Waals surface area contributed by atoms with E-state index in [4.69, 9.17) is 5.14 Å². The van der Waals surface area contributed by atoms with Crippen molar-refractivity contribution in [2.24, 2.45) is 5.14 Å². The Kier molecular flexibility index (Phi) is 5.10. The van der Waals surface area contributed by atoms with Crippen LogP contribution < -0.4 is 15.8 Å². The van der Waals surface area contributed by atoms with Crippen molar-refractivity contribution in [1.82, 2.24) is 19.7 Å². The molecule has 0 radical (unpaired) electrons. The molecule has 10 heteroatoms. The molecule has 0 spiro atoms. The number of aromatic nitrogens is 4. The molecule has 0 unspecified atom stereocenters. The summed E-state index contributed by atoms with van der Waals surface area (Å²) in [4.78, 5) is 8.89. The first-order chi connectivity index (χ1) is 14.3. The molecule has 0 aliphatic heterocycles. The fourth-order valence-corrected chi connectivity index (χ4v) is 3.54. The number of anilines is 4. The molecule has 0 bridgehead atoms. The molecule has 0 saturated carbocycles. The summed E-state index contributed by atoms with van der Waals surface area (Å²) < 4.78 is 24.7. The van der Waals surface area contributed by atoms with E-state index < -0.39 is 10.0 Å². The minimum absolute atomic E-state index is 0.0435. The van der Waals surface area contributed by atoms with E-state index in [0.717, 1.165) is 28.7 Å². The van der Waals surface area contributed by atoms with Gasteiger partial charge in [-0.15, -0.1) is 0 Å². The van der Waals surface area contributed by atoms with Crippen molar-refractivity contribution in [3.05, 3.63) is 60.4 Å². The van der Waals surface area contributed by atoms with Gasteiger partial charge in [-0.2, -0.15) is 10.1 Å². The maximum Gasteiger partial charge on any atom is 0.238 e. The summed E-state index contributed by atoms with van der Waals surface area (Å²) in [6, 6.07) is 12.1. The van der Waals surface area contributed by atoms with E-state index in [9.17, 15) is 8.42 Å². The monoisotopic (exact) mass is 423 g/mol. The van der Waals surface area contributed by atoms with E-state index in [1.54, 1.807) is 18.3 Å². The summed E-state index contributed by atoms with van der Waals surface area (Å²) in [5.41, 5.74) is 3.46. The molecule has 154 valence electrons. The minimum Gasteiger partial charge on any atom is -0.340 e. The number of sulfonamides is 1. The third kappa shape index (κ3) is 4.09. The highest BCUT2D eigenvalue weighted by Crippen LogP contribution is 2.24. The zero-order chi connectivity index (χ0) is 21.3. The van der Waals surface area contributed by atoms with Gasteiger partial charge in [-0.3, -0.25) is 4.68 Å². The van der Waals surface area contributed by atoms with E-state index in [2.05, 4.69) is 32.6 Å². The van der Waals surface area contributed by atoms with Crippen molar-refractivity contribution in [2.45, 2.75) is 25.3 Å². The quantitative estimate of drug-likeness (QED) is 0.434. The van der Waals surface area contributed by atoms with E-state index in [1.165, 1.54) is 12.1 Å². The Morgan fingerprint density at radius 1 is 1.03 bits per heavy atom. The first kappa shape index (κ1) is 19.8. The van der Waals surface area contributed by atoms with Crippen LogP contribution in [0.15, 0.2) is 59.8 Å². The van der Waals surface area contributed by atoms with Crippen LogP contribution in [-0.4, -0.2) is 28.2 Å². The molecule has 9 nitrogen and oxygen atoms in total. The largest absolute Gasteiger partial charge is 0.340 e. The molecular weight excluding hydrogens is 402 g/mol. The van der Waals surface area contributed by atoms with Crippen LogP contribution in [0.1, 0.15) is 12.5 Å². The Balaban J connectivity index is 1.57. The SMILES string of the molecule is CCn1ncc2ccc(Nc3nc(Nc4ccc(S(N)(=O)=O)cc4)ncc3C)cc21.